The number of H-pyrrole nitrogens is 1. The number of carbonyl (C=O) groups is 1. The highest BCUT2D eigenvalue weighted by molar-refractivity contribution is 5.96. The van der Waals surface area contributed by atoms with Gasteiger partial charge in [-0.2, -0.15) is 0 Å². The number of fused-ring (bicyclic) bond motifs is 1. The van der Waals surface area contributed by atoms with Crippen molar-refractivity contribution in [3.63, 3.8) is 0 Å². The van der Waals surface area contributed by atoms with E-state index in [1.807, 2.05) is 0 Å². The van der Waals surface area contributed by atoms with E-state index >= 15 is 0 Å². The summed E-state index contributed by atoms with van der Waals surface area (Å²) in [4.78, 5) is 13.3. The van der Waals surface area contributed by atoms with Crippen LogP contribution in [0.4, 0.5) is 4.39 Å². The van der Waals surface area contributed by atoms with Crippen LogP contribution in [0, 0.1) is 5.82 Å². The van der Waals surface area contributed by atoms with E-state index in [9.17, 15) is 9.18 Å². The van der Waals surface area contributed by atoms with Gasteiger partial charge < -0.3 is 4.98 Å². The first-order valence-electron chi connectivity index (χ1n) is 3.53. The summed E-state index contributed by atoms with van der Waals surface area (Å²) in [5.74, 6) is -0.308. The second-order valence-electron chi connectivity index (χ2n) is 2.52. The summed E-state index contributed by atoms with van der Waals surface area (Å²) in [6, 6.07) is 4.36. The second-order valence-corrected chi connectivity index (χ2v) is 2.52. The highest BCUT2D eigenvalue weighted by Crippen LogP contribution is 2.18. The van der Waals surface area contributed by atoms with Crippen molar-refractivity contribution in [2.24, 2.45) is 0 Å². The van der Waals surface area contributed by atoms with Crippen LogP contribution in [0.25, 0.3) is 10.9 Å². The molecule has 1 N–H and O–H groups in total. The number of hydrogen-bond acceptors (Lipinski definition) is 1. The average molecular weight is 163 g/mol. The van der Waals surface area contributed by atoms with Crippen molar-refractivity contribution in [3.05, 3.63) is 35.8 Å². The zero-order chi connectivity index (χ0) is 8.55. The molecule has 2 aromatic rings. The quantitative estimate of drug-likeness (QED) is 0.641. The zero-order valence-corrected chi connectivity index (χ0v) is 6.17. The topological polar surface area (TPSA) is 32.9 Å². The molecule has 0 amide bonds. The van der Waals surface area contributed by atoms with Crippen LogP contribution in [-0.4, -0.2) is 11.3 Å². The first-order chi connectivity index (χ1) is 5.83. The minimum atomic E-state index is -0.308. The molecule has 0 fully saturated rings. The number of aldehydes is 1. The molecule has 0 aliphatic carbocycles. The van der Waals surface area contributed by atoms with Crippen molar-refractivity contribution in [2.75, 3.05) is 0 Å². The Kier molecular flexibility index (Phi) is 1.43. The summed E-state index contributed by atoms with van der Waals surface area (Å²) >= 11 is 0. The lowest BCUT2D eigenvalue weighted by Gasteiger charge is -1.94. The predicted octanol–water partition coefficient (Wildman–Crippen LogP) is 2.12. The van der Waals surface area contributed by atoms with Gasteiger partial charge in [-0.1, -0.05) is 0 Å². The summed E-state index contributed by atoms with van der Waals surface area (Å²) in [6.45, 7) is 0. The molecule has 2 nitrogen and oxygen atoms in total. The van der Waals surface area contributed by atoms with E-state index in [1.54, 1.807) is 12.3 Å². The molecule has 1 aromatic carbocycles. The first-order valence-corrected chi connectivity index (χ1v) is 3.53. The van der Waals surface area contributed by atoms with E-state index in [1.165, 1.54) is 12.1 Å². The van der Waals surface area contributed by atoms with E-state index < -0.39 is 0 Å². The molecule has 0 spiro atoms. The molecule has 0 bridgehead atoms. The number of halogens is 1. The first kappa shape index (κ1) is 7.03. The maximum Gasteiger partial charge on any atom is 0.152 e. The van der Waals surface area contributed by atoms with Gasteiger partial charge in [-0.25, -0.2) is 4.39 Å². The Labute approximate surface area is 68.0 Å². The number of benzene rings is 1. The molecular weight excluding hydrogens is 157 g/mol. The molecule has 3 heteroatoms. The molecule has 1 aromatic heterocycles. The number of carbonyl (C=O) groups excluding carboxylic acids is 1. The molecular formula is C9H6FNO. The minimum Gasteiger partial charge on any atom is -0.361 e. The molecule has 0 aliphatic rings. The molecule has 0 saturated carbocycles. The van der Waals surface area contributed by atoms with E-state index in [4.69, 9.17) is 0 Å². The Morgan fingerprint density at radius 2 is 2.17 bits per heavy atom. The van der Waals surface area contributed by atoms with Crippen LogP contribution >= 0.6 is 0 Å². The fourth-order valence-electron chi connectivity index (χ4n) is 1.24. The van der Waals surface area contributed by atoms with Gasteiger partial charge in [0, 0.05) is 17.1 Å². The highest BCUT2D eigenvalue weighted by atomic mass is 19.1. The Morgan fingerprint density at radius 3 is 2.92 bits per heavy atom. The molecule has 0 atom stereocenters. The molecule has 0 radical (unpaired) electrons. The number of aromatic amines is 1. The van der Waals surface area contributed by atoms with Crippen molar-refractivity contribution >= 4 is 17.2 Å². The Bertz CT molecular complexity index is 433. The van der Waals surface area contributed by atoms with Crippen LogP contribution < -0.4 is 0 Å². The normalized spacial score (nSPS) is 10.4. The SMILES string of the molecule is O=Cc1ccc(F)c2cc[nH]c12. The van der Waals surface area contributed by atoms with E-state index in [0.717, 1.165) is 0 Å². The van der Waals surface area contributed by atoms with Gasteiger partial charge in [0.1, 0.15) is 5.82 Å². The molecule has 12 heavy (non-hydrogen) atoms. The number of hydrogen-bond donors (Lipinski definition) is 1. The lowest BCUT2D eigenvalue weighted by Crippen LogP contribution is -1.84. The van der Waals surface area contributed by atoms with Crippen LogP contribution in [0.2, 0.25) is 0 Å². The van der Waals surface area contributed by atoms with Gasteiger partial charge in [-0.3, -0.25) is 4.79 Å². The lowest BCUT2D eigenvalue weighted by molar-refractivity contribution is 0.112. The Balaban J connectivity index is 2.91. The van der Waals surface area contributed by atoms with Gasteiger partial charge in [0.05, 0.1) is 5.52 Å². The molecule has 0 unspecified atom stereocenters. The molecule has 2 rings (SSSR count). The lowest BCUT2D eigenvalue weighted by atomic mass is 10.1. The Morgan fingerprint density at radius 1 is 1.33 bits per heavy atom. The maximum atomic E-state index is 13.0. The summed E-state index contributed by atoms with van der Waals surface area (Å²) < 4.78 is 13.0. The van der Waals surface area contributed by atoms with Gasteiger partial charge in [-0.05, 0) is 18.2 Å². The standard InChI is InChI=1S/C9H6FNO/c10-8-2-1-6(5-12)9-7(8)3-4-11-9/h1-5,11H. The second kappa shape index (κ2) is 2.44. The summed E-state index contributed by atoms with van der Waals surface area (Å²) in [5.41, 5.74) is 1.04. The fourth-order valence-corrected chi connectivity index (χ4v) is 1.24. The fraction of sp³-hybridized carbons (Fsp3) is 0. The van der Waals surface area contributed by atoms with Gasteiger partial charge in [0.15, 0.2) is 6.29 Å². The van der Waals surface area contributed by atoms with E-state index in [0.29, 0.717) is 22.8 Å². The molecule has 1 heterocycles. The van der Waals surface area contributed by atoms with Gasteiger partial charge in [0.2, 0.25) is 0 Å². The van der Waals surface area contributed by atoms with Crippen LogP contribution in [0.3, 0.4) is 0 Å². The highest BCUT2D eigenvalue weighted by Gasteiger charge is 2.04. The third-order valence-corrected chi connectivity index (χ3v) is 1.83. The monoisotopic (exact) mass is 163 g/mol. The van der Waals surface area contributed by atoms with Crippen molar-refractivity contribution in [1.29, 1.82) is 0 Å². The third kappa shape index (κ3) is 0.830. The summed E-state index contributed by atoms with van der Waals surface area (Å²) in [7, 11) is 0. The number of nitrogens with one attached hydrogen (secondary N) is 1. The molecule has 0 aliphatic heterocycles. The number of aromatic nitrogens is 1. The smallest absolute Gasteiger partial charge is 0.152 e. The van der Waals surface area contributed by atoms with Gasteiger partial charge >= 0.3 is 0 Å². The molecule has 0 saturated heterocycles. The van der Waals surface area contributed by atoms with Gasteiger partial charge in [0.25, 0.3) is 0 Å². The van der Waals surface area contributed by atoms with Crippen molar-refractivity contribution in [1.82, 2.24) is 4.98 Å². The van der Waals surface area contributed by atoms with E-state index in [2.05, 4.69) is 4.98 Å². The molecule has 60 valence electrons. The van der Waals surface area contributed by atoms with Crippen LogP contribution in [-0.2, 0) is 0 Å². The van der Waals surface area contributed by atoms with Crippen LogP contribution in [0.5, 0.6) is 0 Å². The van der Waals surface area contributed by atoms with Gasteiger partial charge in [-0.15, -0.1) is 0 Å². The van der Waals surface area contributed by atoms with Crippen LogP contribution in [0.15, 0.2) is 24.4 Å². The predicted molar refractivity (Wildman–Crippen MR) is 43.6 cm³/mol. The zero-order valence-electron chi connectivity index (χ0n) is 6.17. The number of rotatable bonds is 1. The maximum absolute atomic E-state index is 13.0. The largest absolute Gasteiger partial charge is 0.361 e. The third-order valence-electron chi connectivity index (χ3n) is 1.83. The van der Waals surface area contributed by atoms with Crippen LogP contribution in [0.1, 0.15) is 10.4 Å². The van der Waals surface area contributed by atoms with Crippen molar-refractivity contribution in [3.8, 4) is 0 Å². The minimum absolute atomic E-state index is 0.308. The average Bonchev–Trinajstić information content (AvgIpc) is 2.54. The summed E-state index contributed by atoms with van der Waals surface area (Å²) in [5, 5.41) is 0.458. The van der Waals surface area contributed by atoms with Crippen molar-refractivity contribution < 1.29 is 9.18 Å². The Hall–Kier alpha value is -1.64. The summed E-state index contributed by atoms with van der Waals surface area (Å²) in [6.07, 6.45) is 2.32. The van der Waals surface area contributed by atoms with E-state index in [-0.39, 0.29) is 5.82 Å². The van der Waals surface area contributed by atoms with Crippen molar-refractivity contribution in [2.45, 2.75) is 0 Å².